The van der Waals surface area contributed by atoms with E-state index in [4.69, 9.17) is 5.73 Å². The highest BCUT2D eigenvalue weighted by Crippen LogP contribution is 2.16. The number of nitrogens with two attached hydrogens (primary N) is 1. The summed E-state index contributed by atoms with van der Waals surface area (Å²) in [7, 11) is 0. The number of hydrogen-bond donors (Lipinski definition) is 1. The molecule has 0 saturated carbocycles. The van der Waals surface area contributed by atoms with Gasteiger partial charge in [-0.2, -0.15) is 0 Å². The van der Waals surface area contributed by atoms with Crippen LogP contribution in [0.5, 0.6) is 0 Å². The lowest BCUT2D eigenvalue weighted by atomic mass is 9.98. The van der Waals surface area contributed by atoms with E-state index in [-0.39, 0.29) is 5.48 Å². The molecule has 0 aliphatic heterocycles. The van der Waals surface area contributed by atoms with Crippen molar-refractivity contribution in [2.75, 3.05) is 6.54 Å². The fourth-order valence-corrected chi connectivity index (χ4v) is 2.89. The summed E-state index contributed by atoms with van der Waals surface area (Å²) in [5, 5.41) is 0. The maximum atomic E-state index is 4.85. The molecule has 0 saturated heterocycles. The van der Waals surface area contributed by atoms with Gasteiger partial charge in [-0.25, -0.2) is 0 Å². The number of rotatable bonds is 11. The van der Waals surface area contributed by atoms with Gasteiger partial charge in [0.1, 0.15) is 0 Å². The van der Waals surface area contributed by atoms with E-state index in [0.29, 0.717) is 0 Å². The predicted molar refractivity (Wildman–Crippen MR) is 110 cm³/mol. The van der Waals surface area contributed by atoms with Gasteiger partial charge in [0, 0.05) is 0 Å². The van der Waals surface area contributed by atoms with E-state index in [1.807, 2.05) is 6.92 Å². The molecule has 0 atom stereocenters. The smallest absolute Gasteiger partial charge is 0.0106 e. The van der Waals surface area contributed by atoms with Crippen LogP contribution in [0.25, 0.3) is 0 Å². The zero-order chi connectivity index (χ0) is 17.3. The molecule has 0 unspecified atom stereocenters. The first-order chi connectivity index (χ1) is 11.2. The molecule has 0 radical (unpaired) electrons. The van der Waals surface area contributed by atoms with Crippen molar-refractivity contribution in [1.82, 2.24) is 0 Å². The zero-order valence-corrected chi connectivity index (χ0v) is 16.8. The first-order valence-electron chi connectivity index (χ1n) is 9.92. The van der Waals surface area contributed by atoms with E-state index in [9.17, 15) is 0 Å². The maximum Gasteiger partial charge on any atom is -0.0106 e. The molecule has 0 fully saturated rings. The van der Waals surface area contributed by atoms with Crippen molar-refractivity contribution < 1.29 is 5.48 Å². The molecule has 4 N–H and O–H groups in total. The first-order valence-corrected chi connectivity index (χ1v) is 9.92. The molecule has 1 aromatic rings. The number of unbranched alkanes of at least 4 members (excludes halogenated alkanes) is 9. The Kier molecular flexibility index (Phi) is 19.5. The molecule has 1 rings (SSSR count). The molecular weight excluding hydrogens is 294 g/mol. The molecule has 2 nitrogen and oxygen atoms in total. The summed E-state index contributed by atoms with van der Waals surface area (Å²) >= 11 is 0. The van der Waals surface area contributed by atoms with Crippen molar-refractivity contribution in [3.8, 4) is 0 Å². The van der Waals surface area contributed by atoms with Crippen LogP contribution in [0.3, 0.4) is 0 Å². The van der Waals surface area contributed by atoms with Crippen molar-refractivity contribution in [3.05, 3.63) is 34.9 Å². The molecule has 0 aliphatic rings. The Morgan fingerprint density at radius 2 is 1.21 bits per heavy atom. The SMILES string of the molecule is CCCCCCCCCCCCc1cccc(C)c1C.CCN.O. The van der Waals surface area contributed by atoms with Crippen LogP contribution < -0.4 is 5.73 Å². The van der Waals surface area contributed by atoms with Crippen LogP contribution in [0.2, 0.25) is 0 Å². The topological polar surface area (TPSA) is 57.5 Å². The third-order valence-corrected chi connectivity index (χ3v) is 4.52. The van der Waals surface area contributed by atoms with Crippen molar-refractivity contribution in [3.63, 3.8) is 0 Å². The van der Waals surface area contributed by atoms with Gasteiger partial charge in [-0.15, -0.1) is 0 Å². The van der Waals surface area contributed by atoms with Gasteiger partial charge in [-0.3, -0.25) is 0 Å². The van der Waals surface area contributed by atoms with Gasteiger partial charge in [0.25, 0.3) is 0 Å². The normalized spacial score (nSPS) is 9.88. The minimum atomic E-state index is 0. The Balaban J connectivity index is 0. The molecule has 0 spiro atoms. The Hall–Kier alpha value is -0.860. The summed E-state index contributed by atoms with van der Waals surface area (Å²) in [6, 6.07) is 6.72. The summed E-state index contributed by atoms with van der Waals surface area (Å²) < 4.78 is 0. The summed E-state index contributed by atoms with van der Waals surface area (Å²) in [4.78, 5) is 0. The van der Waals surface area contributed by atoms with Crippen LogP contribution in [0.1, 0.15) is 94.7 Å². The Morgan fingerprint density at radius 3 is 1.71 bits per heavy atom. The minimum Gasteiger partial charge on any atom is -0.412 e. The molecule has 0 aliphatic carbocycles. The van der Waals surface area contributed by atoms with Gasteiger partial charge in [0.05, 0.1) is 0 Å². The summed E-state index contributed by atoms with van der Waals surface area (Å²) in [6.45, 7) is 9.42. The Labute approximate surface area is 151 Å². The van der Waals surface area contributed by atoms with Crippen LogP contribution in [-0.2, 0) is 6.42 Å². The largest absolute Gasteiger partial charge is 0.412 e. The van der Waals surface area contributed by atoms with Gasteiger partial charge >= 0.3 is 0 Å². The average Bonchev–Trinajstić information content (AvgIpc) is 2.54. The number of hydrogen-bond acceptors (Lipinski definition) is 1. The van der Waals surface area contributed by atoms with Crippen molar-refractivity contribution >= 4 is 0 Å². The lowest BCUT2D eigenvalue weighted by Gasteiger charge is -2.08. The molecule has 24 heavy (non-hydrogen) atoms. The van der Waals surface area contributed by atoms with Gasteiger partial charge in [0.2, 0.25) is 0 Å². The average molecular weight is 338 g/mol. The molecule has 0 amide bonds. The second kappa shape index (κ2) is 18.5. The van der Waals surface area contributed by atoms with Crippen LogP contribution in [0.4, 0.5) is 0 Å². The third kappa shape index (κ3) is 13.6. The van der Waals surface area contributed by atoms with Crippen LogP contribution in [0.15, 0.2) is 18.2 Å². The standard InChI is InChI=1S/C20H34.C2H7N.H2O/c1-4-5-6-7-8-9-10-11-12-13-16-20-17-14-15-18(2)19(20)3;1-2-3;/h14-15,17H,4-13,16H2,1-3H3;2-3H2,1H3;1H2. The van der Waals surface area contributed by atoms with Crippen LogP contribution >= 0.6 is 0 Å². The summed E-state index contributed by atoms with van der Waals surface area (Å²) in [6.07, 6.45) is 15.5. The van der Waals surface area contributed by atoms with Gasteiger partial charge < -0.3 is 11.2 Å². The third-order valence-electron chi connectivity index (χ3n) is 4.52. The molecular formula is C22H43NO. The Morgan fingerprint density at radius 1 is 0.750 bits per heavy atom. The molecule has 0 heterocycles. The van der Waals surface area contributed by atoms with Gasteiger partial charge in [-0.1, -0.05) is 89.8 Å². The van der Waals surface area contributed by atoms with Crippen LogP contribution in [-0.4, -0.2) is 12.0 Å². The van der Waals surface area contributed by atoms with Gasteiger partial charge in [-0.05, 0) is 49.9 Å². The first kappa shape index (κ1) is 25.4. The number of benzene rings is 1. The molecule has 142 valence electrons. The second-order valence-corrected chi connectivity index (χ2v) is 6.70. The highest BCUT2D eigenvalue weighted by Gasteiger charge is 2.00. The second-order valence-electron chi connectivity index (χ2n) is 6.70. The molecule has 0 aromatic heterocycles. The quantitative estimate of drug-likeness (QED) is 0.501. The molecule has 0 bridgehead atoms. The fourth-order valence-electron chi connectivity index (χ4n) is 2.89. The molecule has 2 heteroatoms. The van der Waals surface area contributed by atoms with E-state index in [1.54, 1.807) is 5.56 Å². The highest BCUT2D eigenvalue weighted by molar-refractivity contribution is 5.33. The fraction of sp³-hybridized carbons (Fsp3) is 0.727. The van der Waals surface area contributed by atoms with Crippen molar-refractivity contribution in [2.45, 2.75) is 98.3 Å². The van der Waals surface area contributed by atoms with E-state index < -0.39 is 0 Å². The van der Waals surface area contributed by atoms with E-state index in [2.05, 4.69) is 39.0 Å². The molecule has 1 aromatic carbocycles. The predicted octanol–water partition coefficient (Wildman–Crippen LogP) is 5.91. The Bertz CT molecular complexity index is 376. The lowest BCUT2D eigenvalue weighted by molar-refractivity contribution is 0.556. The highest BCUT2D eigenvalue weighted by atomic mass is 16.0. The summed E-state index contributed by atoms with van der Waals surface area (Å²) in [5.74, 6) is 0. The van der Waals surface area contributed by atoms with Gasteiger partial charge in [0.15, 0.2) is 0 Å². The maximum absolute atomic E-state index is 4.85. The number of aryl methyl sites for hydroxylation is 2. The lowest BCUT2D eigenvalue weighted by Crippen LogP contribution is -1.92. The van der Waals surface area contributed by atoms with E-state index in [1.165, 1.54) is 81.8 Å². The van der Waals surface area contributed by atoms with Crippen molar-refractivity contribution in [1.29, 1.82) is 0 Å². The zero-order valence-electron chi connectivity index (χ0n) is 16.8. The monoisotopic (exact) mass is 337 g/mol. The minimum absolute atomic E-state index is 0. The van der Waals surface area contributed by atoms with E-state index >= 15 is 0 Å². The van der Waals surface area contributed by atoms with E-state index in [0.717, 1.165) is 6.54 Å². The summed E-state index contributed by atoms with van der Waals surface area (Å²) in [5.41, 5.74) is 9.35. The van der Waals surface area contributed by atoms with Crippen LogP contribution in [0, 0.1) is 13.8 Å². The van der Waals surface area contributed by atoms with Crippen molar-refractivity contribution in [2.24, 2.45) is 5.73 Å².